The Morgan fingerprint density at radius 2 is 1.71 bits per heavy atom. The van der Waals surface area contributed by atoms with Crippen molar-refractivity contribution < 1.29 is 9.30 Å². The van der Waals surface area contributed by atoms with Crippen molar-refractivity contribution >= 4 is 0 Å². The van der Waals surface area contributed by atoms with Gasteiger partial charge < -0.3 is 4.74 Å². The van der Waals surface area contributed by atoms with E-state index in [9.17, 15) is 0 Å². The van der Waals surface area contributed by atoms with Gasteiger partial charge in [0.05, 0.1) is 6.61 Å². The van der Waals surface area contributed by atoms with Crippen LogP contribution in [0.2, 0.25) is 0 Å². The Bertz CT molecular complexity index is 737. The Morgan fingerprint density at radius 3 is 2.48 bits per heavy atom. The molecule has 0 fully saturated rings. The Morgan fingerprint density at radius 1 is 1.00 bits per heavy atom. The molecule has 0 saturated carbocycles. The number of hydrogen-bond donors (Lipinski definition) is 0. The van der Waals surface area contributed by atoms with Crippen LogP contribution in [-0.4, -0.2) is 16.4 Å². The molecule has 0 amide bonds. The highest BCUT2D eigenvalue weighted by molar-refractivity contribution is 5.29. The number of para-hydroxylation sites is 1. The first-order chi connectivity index (χ1) is 10.4. The summed E-state index contributed by atoms with van der Waals surface area (Å²) in [7, 11) is 0. The number of benzene rings is 2. The zero-order valence-electron chi connectivity index (χ0n) is 11.6. The van der Waals surface area contributed by atoms with E-state index in [-0.39, 0.29) is 6.04 Å². The van der Waals surface area contributed by atoms with Gasteiger partial charge in [0.2, 0.25) is 6.33 Å². The quantitative estimate of drug-likeness (QED) is 0.673. The molecule has 1 aromatic heterocycles. The lowest BCUT2D eigenvalue weighted by atomic mass is 10.1. The standard InChI is InChI=1S/C17H16N3O/c1-3-7-14(8-4-1)16-11-21-12-17-18-20(13-19(16)17)15-9-5-2-6-10-15/h1-10,13,16H,11-12H2/q+1/t16-/m0/s1. The molecule has 0 radical (unpaired) electrons. The largest absolute Gasteiger partial charge is 0.366 e. The van der Waals surface area contributed by atoms with E-state index in [0.717, 1.165) is 11.5 Å². The molecule has 1 atom stereocenters. The Kier molecular flexibility index (Phi) is 3.01. The lowest BCUT2D eigenvalue weighted by Gasteiger charge is -2.19. The lowest BCUT2D eigenvalue weighted by Crippen LogP contribution is -2.48. The minimum atomic E-state index is 0.187. The van der Waals surface area contributed by atoms with Crippen LogP contribution < -0.4 is 4.57 Å². The van der Waals surface area contributed by atoms with Crippen LogP contribution in [0.5, 0.6) is 0 Å². The van der Waals surface area contributed by atoms with Gasteiger partial charge in [-0.2, -0.15) is 0 Å². The lowest BCUT2D eigenvalue weighted by molar-refractivity contribution is -0.734. The van der Waals surface area contributed by atoms with Gasteiger partial charge in [-0.05, 0) is 17.7 Å². The summed E-state index contributed by atoms with van der Waals surface area (Å²) in [6.07, 6.45) is 2.06. The summed E-state index contributed by atoms with van der Waals surface area (Å²) < 4.78 is 9.85. The van der Waals surface area contributed by atoms with Crippen LogP contribution in [0.1, 0.15) is 17.4 Å². The van der Waals surface area contributed by atoms with Gasteiger partial charge in [-0.3, -0.25) is 0 Å². The van der Waals surface area contributed by atoms with Gasteiger partial charge in [-0.15, -0.1) is 0 Å². The second-order valence-corrected chi connectivity index (χ2v) is 5.16. The van der Waals surface area contributed by atoms with Crippen molar-refractivity contribution in [2.24, 2.45) is 0 Å². The average Bonchev–Trinajstić information content (AvgIpc) is 3.00. The summed E-state index contributed by atoms with van der Waals surface area (Å²) in [5, 5.41) is 4.65. The van der Waals surface area contributed by atoms with Crippen molar-refractivity contribution in [3.63, 3.8) is 0 Å². The molecule has 0 N–H and O–H groups in total. The smallest absolute Gasteiger partial charge is 0.304 e. The average molecular weight is 278 g/mol. The van der Waals surface area contributed by atoms with Gasteiger partial charge in [0.25, 0.3) is 0 Å². The van der Waals surface area contributed by atoms with Crippen LogP contribution in [0.4, 0.5) is 0 Å². The summed E-state index contributed by atoms with van der Waals surface area (Å²) in [5.74, 6) is 0.957. The highest BCUT2D eigenvalue weighted by Crippen LogP contribution is 2.18. The van der Waals surface area contributed by atoms with E-state index in [1.807, 2.05) is 28.9 Å². The number of nitrogens with zero attached hydrogens (tertiary/aromatic N) is 3. The monoisotopic (exact) mass is 278 g/mol. The van der Waals surface area contributed by atoms with Crippen molar-refractivity contribution in [3.8, 4) is 5.69 Å². The van der Waals surface area contributed by atoms with Crippen LogP contribution in [0.25, 0.3) is 5.69 Å². The third-order valence-corrected chi connectivity index (χ3v) is 3.80. The molecule has 1 aliphatic heterocycles. The predicted molar refractivity (Wildman–Crippen MR) is 78.0 cm³/mol. The van der Waals surface area contributed by atoms with E-state index < -0.39 is 0 Å². The molecular formula is C17H16N3O+. The van der Waals surface area contributed by atoms with Crippen LogP contribution in [0.15, 0.2) is 67.0 Å². The highest BCUT2D eigenvalue weighted by atomic mass is 16.5. The molecule has 0 saturated heterocycles. The SMILES string of the molecule is c1ccc([C@@H]2COCc3nn(-c4ccccc4)c[n+]32)cc1. The topological polar surface area (TPSA) is 30.9 Å². The van der Waals surface area contributed by atoms with Crippen LogP contribution >= 0.6 is 0 Å². The molecule has 0 spiro atoms. The zero-order chi connectivity index (χ0) is 14.1. The fraction of sp³-hybridized carbons (Fsp3) is 0.176. The molecule has 4 heteroatoms. The first-order valence-electron chi connectivity index (χ1n) is 7.09. The number of ether oxygens (including phenoxy) is 1. The molecule has 2 heterocycles. The Balaban J connectivity index is 1.77. The summed E-state index contributed by atoms with van der Waals surface area (Å²) in [6, 6.07) is 20.8. The van der Waals surface area contributed by atoms with Gasteiger partial charge in [0.1, 0.15) is 18.3 Å². The normalized spacial score (nSPS) is 17.4. The molecule has 3 aromatic rings. The van der Waals surface area contributed by atoms with Crippen LogP contribution in [-0.2, 0) is 11.3 Å². The van der Waals surface area contributed by atoms with E-state index in [2.05, 4.69) is 52.4 Å². The number of aromatic nitrogens is 3. The summed E-state index contributed by atoms with van der Waals surface area (Å²) in [5.41, 5.74) is 2.31. The van der Waals surface area contributed by atoms with E-state index >= 15 is 0 Å². The summed E-state index contributed by atoms with van der Waals surface area (Å²) >= 11 is 0. The molecule has 21 heavy (non-hydrogen) atoms. The minimum Gasteiger partial charge on any atom is -0.366 e. The first-order valence-corrected chi connectivity index (χ1v) is 7.09. The molecule has 4 rings (SSSR count). The predicted octanol–water partition coefficient (Wildman–Crippen LogP) is 2.28. The zero-order valence-corrected chi connectivity index (χ0v) is 11.6. The Labute approximate surface area is 123 Å². The third kappa shape index (κ3) is 2.23. The number of rotatable bonds is 2. The minimum absolute atomic E-state index is 0.187. The molecule has 0 unspecified atom stereocenters. The van der Waals surface area contributed by atoms with Gasteiger partial charge in [-0.1, -0.05) is 53.2 Å². The second kappa shape index (κ2) is 5.14. The van der Waals surface area contributed by atoms with Crippen molar-refractivity contribution in [2.45, 2.75) is 12.6 Å². The molecule has 2 aromatic carbocycles. The fourth-order valence-electron chi connectivity index (χ4n) is 2.73. The maximum absolute atomic E-state index is 5.72. The molecule has 104 valence electrons. The van der Waals surface area contributed by atoms with E-state index in [1.54, 1.807) is 0 Å². The molecule has 4 nitrogen and oxygen atoms in total. The second-order valence-electron chi connectivity index (χ2n) is 5.16. The summed E-state index contributed by atoms with van der Waals surface area (Å²) in [6.45, 7) is 1.24. The van der Waals surface area contributed by atoms with Crippen molar-refractivity contribution in [3.05, 3.63) is 78.4 Å². The molecule has 0 aliphatic carbocycles. The van der Waals surface area contributed by atoms with Crippen LogP contribution in [0, 0.1) is 0 Å². The van der Waals surface area contributed by atoms with Crippen molar-refractivity contribution in [2.75, 3.05) is 6.61 Å². The molecule has 0 bridgehead atoms. The van der Waals surface area contributed by atoms with Crippen LogP contribution in [0.3, 0.4) is 0 Å². The van der Waals surface area contributed by atoms with Gasteiger partial charge in [-0.25, -0.2) is 4.57 Å². The summed E-state index contributed by atoms with van der Waals surface area (Å²) in [4.78, 5) is 0. The van der Waals surface area contributed by atoms with Crippen molar-refractivity contribution in [1.29, 1.82) is 0 Å². The van der Waals surface area contributed by atoms with E-state index in [0.29, 0.717) is 13.2 Å². The highest BCUT2D eigenvalue weighted by Gasteiger charge is 2.30. The van der Waals surface area contributed by atoms with Gasteiger partial charge >= 0.3 is 5.82 Å². The third-order valence-electron chi connectivity index (χ3n) is 3.80. The van der Waals surface area contributed by atoms with E-state index in [4.69, 9.17) is 4.74 Å². The van der Waals surface area contributed by atoms with Crippen molar-refractivity contribution in [1.82, 2.24) is 9.78 Å². The maximum Gasteiger partial charge on any atom is 0.304 e. The first kappa shape index (κ1) is 12.3. The number of hydrogen-bond acceptors (Lipinski definition) is 2. The van der Waals surface area contributed by atoms with E-state index in [1.165, 1.54) is 5.56 Å². The maximum atomic E-state index is 5.72. The fourth-order valence-corrected chi connectivity index (χ4v) is 2.73. The van der Waals surface area contributed by atoms with Gasteiger partial charge in [0.15, 0.2) is 0 Å². The Hall–Kier alpha value is -2.46. The molecule has 1 aliphatic rings. The van der Waals surface area contributed by atoms with Gasteiger partial charge in [0, 0.05) is 5.10 Å². The molecular weight excluding hydrogens is 262 g/mol. The number of fused-ring (bicyclic) bond motifs is 1.